The van der Waals surface area contributed by atoms with Gasteiger partial charge in [0.15, 0.2) is 6.10 Å². The molecule has 2 heterocycles. The van der Waals surface area contributed by atoms with E-state index >= 15 is 0 Å². The number of aromatic nitrogens is 3. The predicted molar refractivity (Wildman–Crippen MR) is 87.7 cm³/mol. The van der Waals surface area contributed by atoms with Gasteiger partial charge in [-0.15, -0.1) is 11.3 Å². The van der Waals surface area contributed by atoms with Gasteiger partial charge in [0, 0.05) is 29.7 Å². The fourth-order valence-corrected chi connectivity index (χ4v) is 2.57. The smallest absolute Gasteiger partial charge is 0.338 e. The summed E-state index contributed by atoms with van der Waals surface area (Å²) in [5.41, 5.74) is 1.20. The molecule has 0 fully saturated rings. The number of hydrogen-bond donors (Lipinski definition) is 1. The molecule has 0 saturated carbocycles. The van der Waals surface area contributed by atoms with Crippen LogP contribution in [-0.4, -0.2) is 20.9 Å². The second-order valence-electron chi connectivity index (χ2n) is 4.71. The van der Waals surface area contributed by atoms with Crippen molar-refractivity contribution in [3.05, 3.63) is 65.0 Å². The van der Waals surface area contributed by atoms with E-state index in [1.165, 1.54) is 11.3 Å². The zero-order valence-corrected chi connectivity index (χ0v) is 13.2. The Hall–Kier alpha value is -2.80. The van der Waals surface area contributed by atoms with Gasteiger partial charge in [0.2, 0.25) is 0 Å². The summed E-state index contributed by atoms with van der Waals surface area (Å²) < 4.78 is 5.44. The number of hydrogen-bond acceptors (Lipinski definition) is 7. The molecule has 0 bridgehead atoms. The summed E-state index contributed by atoms with van der Waals surface area (Å²) in [6.07, 6.45) is 6.11. The Balaban J connectivity index is 1.70. The topological polar surface area (TPSA) is 77.0 Å². The highest BCUT2D eigenvalue weighted by molar-refractivity contribution is 7.09. The third-order valence-electron chi connectivity index (χ3n) is 3.02. The molecule has 0 aliphatic rings. The first kappa shape index (κ1) is 15.1. The lowest BCUT2D eigenvalue weighted by atomic mass is 10.2. The third-order valence-corrected chi connectivity index (χ3v) is 3.95. The number of rotatable bonds is 5. The second kappa shape index (κ2) is 6.97. The van der Waals surface area contributed by atoms with Crippen LogP contribution in [-0.2, 0) is 4.74 Å². The predicted octanol–water partition coefficient (Wildman–Crippen LogP) is 3.59. The van der Waals surface area contributed by atoms with Crippen LogP contribution < -0.4 is 5.32 Å². The first-order chi connectivity index (χ1) is 11.2. The van der Waals surface area contributed by atoms with Crippen molar-refractivity contribution in [1.82, 2.24) is 15.0 Å². The lowest BCUT2D eigenvalue weighted by Gasteiger charge is -2.11. The molecule has 0 radical (unpaired) electrons. The van der Waals surface area contributed by atoms with Crippen LogP contribution in [0.25, 0.3) is 0 Å². The van der Waals surface area contributed by atoms with Crippen molar-refractivity contribution in [2.24, 2.45) is 0 Å². The zero-order valence-electron chi connectivity index (χ0n) is 12.3. The van der Waals surface area contributed by atoms with Gasteiger partial charge in [0.1, 0.15) is 10.8 Å². The van der Waals surface area contributed by atoms with E-state index in [0.717, 1.165) is 10.7 Å². The van der Waals surface area contributed by atoms with Crippen LogP contribution in [0.15, 0.2) is 54.4 Å². The molecule has 3 rings (SSSR count). The van der Waals surface area contributed by atoms with Crippen LogP contribution in [0.4, 0.5) is 11.5 Å². The average molecular weight is 326 g/mol. The van der Waals surface area contributed by atoms with Crippen LogP contribution in [0.3, 0.4) is 0 Å². The lowest BCUT2D eigenvalue weighted by Crippen LogP contribution is -2.09. The molecular weight excluding hydrogens is 312 g/mol. The number of thiazole rings is 1. The lowest BCUT2D eigenvalue weighted by molar-refractivity contribution is 0.0337. The number of carbonyl (C=O) groups is 1. The van der Waals surface area contributed by atoms with Gasteiger partial charge in [-0.05, 0) is 25.1 Å². The molecule has 0 aliphatic heterocycles. The van der Waals surface area contributed by atoms with Gasteiger partial charge >= 0.3 is 5.97 Å². The van der Waals surface area contributed by atoms with Gasteiger partial charge in [-0.2, -0.15) is 0 Å². The van der Waals surface area contributed by atoms with E-state index in [2.05, 4.69) is 20.3 Å². The van der Waals surface area contributed by atoms with Crippen LogP contribution in [0.5, 0.6) is 0 Å². The normalized spacial score (nSPS) is 11.7. The van der Waals surface area contributed by atoms with Gasteiger partial charge in [-0.1, -0.05) is 6.07 Å². The Bertz CT molecular complexity index is 778. The summed E-state index contributed by atoms with van der Waals surface area (Å²) in [7, 11) is 0. The molecular formula is C16H14N4O2S. The molecule has 1 atom stereocenters. The molecule has 0 saturated heterocycles. The Morgan fingerprint density at radius 2 is 2.17 bits per heavy atom. The van der Waals surface area contributed by atoms with E-state index in [9.17, 15) is 4.79 Å². The van der Waals surface area contributed by atoms with Crippen LogP contribution in [0.1, 0.15) is 28.4 Å². The number of anilines is 2. The number of nitrogens with one attached hydrogen (secondary N) is 1. The maximum Gasteiger partial charge on any atom is 0.338 e. The van der Waals surface area contributed by atoms with Gasteiger partial charge in [-0.25, -0.2) is 14.8 Å². The number of ether oxygens (including phenoxy) is 1. The summed E-state index contributed by atoms with van der Waals surface area (Å²) in [6, 6.07) is 7.05. The van der Waals surface area contributed by atoms with Crippen molar-refractivity contribution in [3.63, 3.8) is 0 Å². The van der Waals surface area contributed by atoms with Crippen LogP contribution in [0.2, 0.25) is 0 Å². The minimum absolute atomic E-state index is 0.376. The molecule has 7 heteroatoms. The maximum atomic E-state index is 12.3. The summed E-state index contributed by atoms with van der Waals surface area (Å²) in [4.78, 5) is 24.5. The van der Waals surface area contributed by atoms with Gasteiger partial charge in [0.05, 0.1) is 11.8 Å². The zero-order chi connectivity index (χ0) is 16.1. The quantitative estimate of drug-likeness (QED) is 0.722. The number of nitrogens with zero attached hydrogens (tertiary/aromatic N) is 3. The highest BCUT2D eigenvalue weighted by Crippen LogP contribution is 2.22. The molecule has 3 aromatic rings. The van der Waals surface area contributed by atoms with Crippen LogP contribution in [0, 0.1) is 0 Å². The minimum atomic E-state index is -0.393. The Morgan fingerprint density at radius 1 is 1.26 bits per heavy atom. The van der Waals surface area contributed by atoms with Gasteiger partial charge in [0.25, 0.3) is 0 Å². The van der Waals surface area contributed by atoms with Gasteiger partial charge < -0.3 is 10.1 Å². The number of esters is 1. The largest absolute Gasteiger partial charge is 0.452 e. The minimum Gasteiger partial charge on any atom is -0.452 e. The highest BCUT2D eigenvalue weighted by atomic mass is 32.1. The third kappa shape index (κ3) is 3.89. The fraction of sp³-hybridized carbons (Fsp3) is 0.125. The molecule has 23 heavy (non-hydrogen) atoms. The van der Waals surface area contributed by atoms with E-state index < -0.39 is 5.97 Å². The summed E-state index contributed by atoms with van der Waals surface area (Å²) >= 11 is 1.46. The molecule has 2 aromatic heterocycles. The van der Waals surface area contributed by atoms with E-state index in [1.54, 1.807) is 49.9 Å². The van der Waals surface area contributed by atoms with Crippen molar-refractivity contribution in [2.75, 3.05) is 5.32 Å². The van der Waals surface area contributed by atoms with Crippen molar-refractivity contribution in [3.8, 4) is 0 Å². The molecule has 0 amide bonds. The summed E-state index contributed by atoms with van der Waals surface area (Å²) in [5, 5.41) is 5.71. The van der Waals surface area contributed by atoms with Gasteiger partial charge in [-0.3, -0.25) is 4.98 Å². The van der Waals surface area contributed by atoms with E-state index in [4.69, 9.17) is 4.74 Å². The van der Waals surface area contributed by atoms with Crippen molar-refractivity contribution >= 4 is 28.8 Å². The standard InChI is InChI=1S/C16H14N4O2S/c1-11(15-19-7-8-23-15)22-16(21)12-3-2-4-13(9-12)20-14-10-17-5-6-18-14/h2-11H,1H3,(H,18,20). The molecule has 1 aromatic carbocycles. The molecule has 116 valence electrons. The maximum absolute atomic E-state index is 12.3. The fourth-order valence-electron chi connectivity index (χ4n) is 1.95. The van der Waals surface area contributed by atoms with E-state index in [1.807, 2.05) is 11.4 Å². The Kier molecular flexibility index (Phi) is 4.58. The molecule has 1 unspecified atom stereocenters. The number of benzene rings is 1. The molecule has 0 aliphatic carbocycles. The first-order valence-corrected chi connectivity index (χ1v) is 7.84. The molecule has 6 nitrogen and oxygen atoms in total. The average Bonchev–Trinajstić information content (AvgIpc) is 3.10. The molecule has 0 spiro atoms. The van der Waals surface area contributed by atoms with E-state index in [-0.39, 0.29) is 6.10 Å². The first-order valence-electron chi connectivity index (χ1n) is 6.96. The monoisotopic (exact) mass is 326 g/mol. The van der Waals surface area contributed by atoms with Crippen molar-refractivity contribution < 1.29 is 9.53 Å². The van der Waals surface area contributed by atoms with Crippen molar-refractivity contribution in [2.45, 2.75) is 13.0 Å². The SMILES string of the molecule is CC(OC(=O)c1cccc(Nc2cnccn2)c1)c1nccs1. The molecule has 1 N–H and O–H groups in total. The Labute approximate surface area is 137 Å². The van der Waals surface area contributed by atoms with Crippen molar-refractivity contribution in [1.29, 1.82) is 0 Å². The highest BCUT2D eigenvalue weighted by Gasteiger charge is 2.15. The van der Waals surface area contributed by atoms with E-state index in [0.29, 0.717) is 11.4 Å². The Morgan fingerprint density at radius 3 is 2.91 bits per heavy atom. The summed E-state index contributed by atoms with van der Waals surface area (Å²) in [6.45, 7) is 1.80. The number of carbonyl (C=O) groups excluding carboxylic acids is 1. The van der Waals surface area contributed by atoms with Crippen LogP contribution >= 0.6 is 11.3 Å². The summed E-state index contributed by atoms with van der Waals surface area (Å²) in [5.74, 6) is 0.213. The second-order valence-corrected chi connectivity index (χ2v) is 5.64.